The van der Waals surface area contributed by atoms with Gasteiger partial charge in [-0.3, -0.25) is 19.3 Å². The number of hydrogen-bond donors (Lipinski definition) is 0. The van der Waals surface area contributed by atoms with E-state index in [9.17, 15) is 27.8 Å². The van der Waals surface area contributed by atoms with Crippen LogP contribution in [0.2, 0.25) is 0 Å². The molecule has 0 bridgehead atoms. The Morgan fingerprint density at radius 1 is 1.19 bits per heavy atom. The van der Waals surface area contributed by atoms with Crippen molar-refractivity contribution < 1.29 is 41.2 Å². The van der Waals surface area contributed by atoms with Gasteiger partial charge >= 0.3 is 13.4 Å². The van der Waals surface area contributed by atoms with Crippen molar-refractivity contribution in [3.8, 4) is 5.75 Å². The largest absolute Gasteiger partial charge is 0.798 e. The number of ether oxygens (including phenoxy) is 1. The van der Waals surface area contributed by atoms with Gasteiger partial charge in [-0.2, -0.15) is 0 Å². The van der Waals surface area contributed by atoms with E-state index in [1.54, 1.807) is 18.2 Å². The molecular weight excluding hydrogens is 573 g/mol. The first-order valence-electron chi connectivity index (χ1n) is 13.5. The van der Waals surface area contributed by atoms with Crippen LogP contribution >= 0.6 is 0 Å². The van der Waals surface area contributed by atoms with Crippen LogP contribution in [-0.4, -0.2) is 62.0 Å². The van der Waals surface area contributed by atoms with Gasteiger partial charge in [-0.1, -0.05) is 18.2 Å². The minimum atomic E-state index is -3.44. The molecule has 224 valence electrons. The van der Waals surface area contributed by atoms with E-state index in [2.05, 4.69) is 4.65 Å². The number of aromatic nitrogens is 1. The number of pyridine rings is 1. The molecule has 2 heterocycles. The molecule has 1 saturated carbocycles. The number of imide groups is 1. The fraction of sp³-hybridized carbons (Fsp3) is 0.310. The van der Waals surface area contributed by atoms with Crippen LogP contribution in [0.3, 0.4) is 0 Å². The Hall–Kier alpha value is -4.62. The van der Waals surface area contributed by atoms with Gasteiger partial charge in [0.25, 0.3) is 5.91 Å². The highest BCUT2D eigenvalue weighted by Crippen LogP contribution is 2.44. The second-order valence-corrected chi connectivity index (χ2v) is 10.3. The van der Waals surface area contributed by atoms with Crippen molar-refractivity contribution in [2.24, 2.45) is 0 Å². The standard InChI is InChI=1S/C29H26BF4N3O6/c1-42-27-24-20(26(39)21(29(41)43-30(33)34)14-37(24)19-9-10-19)12-22(31)25(27)35-11-5-8-18(13-35)23(32)15-36(16-38)28(40)17-6-3-2-4-7-17/h2-4,6-7,12,14,16,19H,5,8-11,13,15H2,1H3/b23-18+. The van der Waals surface area contributed by atoms with Gasteiger partial charge in [-0.05, 0) is 49.5 Å². The highest BCUT2D eigenvalue weighted by Gasteiger charge is 2.34. The number of benzene rings is 2. The first kappa shape index (κ1) is 29.9. The van der Waals surface area contributed by atoms with Gasteiger partial charge in [0, 0.05) is 30.9 Å². The number of methoxy groups -OCH3 is 1. The Labute approximate surface area is 243 Å². The summed E-state index contributed by atoms with van der Waals surface area (Å²) in [6.07, 6.45) is 3.40. The summed E-state index contributed by atoms with van der Waals surface area (Å²) in [6, 6.07) is 8.67. The first-order valence-corrected chi connectivity index (χ1v) is 13.5. The first-order chi connectivity index (χ1) is 20.6. The Kier molecular flexibility index (Phi) is 8.56. The third-order valence-corrected chi connectivity index (χ3v) is 7.46. The van der Waals surface area contributed by atoms with Gasteiger partial charge in [0.15, 0.2) is 11.6 Å². The monoisotopic (exact) mass is 599 g/mol. The van der Waals surface area contributed by atoms with E-state index < -0.39 is 48.5 Å². The van der Waals surface area contributed by atoms with E-state index in [1.807, 2.05) is 0 Å². The van der Waals surface area contributed by atoms with Crippen molar-refractivity contribution >= 4 is 42.3 Å². The van der Waals surface area contributed by atoms with E-state index >= 15 is 8.78 Å². The van der Waals surface area contributed by atoms with Crippen LogP contribution in [0.4, 0.5) is 23.1 Å². The van der Waals surface area contributed by atoms with Crippen molar-refractivity contribution in [3.05, 3.63) is 81.2 Å². The summed E-state index contributed by atoms with van der Waals surface area (Å²) in [5.74, 6) is -3.85. The van der Waals surface area contributed by atoms with E-state index in [0.717, 1.165) is 17.2 Å². The van der Waals surface area contributed by atoms with Crippen LogP contribution in [-0.2, 0) is 9.45 Å². The highest BCUT2D eigenvalue weighted by molar-refractivity contribution is 6.38. The smallest absolute Gasteiger partial charge is 0.492 e. The number of hydrogen-bond acceptors (Lipinski definition) is 7. The maximum Gasteiger partial charge on any atom is 0.798 e. The van der Waals surface area contributed by atoms with Gasteiger partial charge in [0.05, 0.1) is 24.6 Å². The lowest BCUT2D eigenvalue weighted by atomic mass is 10.0. The van der Waals surface area contributed by atoms with Crippen LogP contribution in [0.15, 0.2) is 58.8 Å². The van der Waals surface area contributed by atoms with E-state index in [0.29, 0.717) is 32.2 Å². The predicted octanol–water partition coefficient (Wildman–Crippen LogP) is 4.69. The lowest BCUT2D eigenvalue weighted by Gasteiger charge is -2.33. The van der Waals surface area contributed by atoms with Crippen LogP contribution in [0.1, 0.15) is 52.4 Å². The summed E-state index contributed by atoms with van der Waals surface area (Å²) in [5.41, 5.74) is -1.08. The molecule has 2 fully saturated rings. The number of piperidine rings is 1. The average molecular weight is 599 g/mol. The van der Waals surface area contributed by atoms with Crippen molar-refractivity contribution in [2.45, 2.75) is 31.7 Å². The average Bonchev–Trinajstić information content (AvgIpc) is 3.85. The third kappa shape index (κ3) is 5.99. The summed E-state index contributed by atoms with van der Waals surface area (Å²) in [5, 5.41) is -0.256. The Balaban J connectivity index is 1.52. The fourth-order valence-electron chi connectivity index (χ4n) is 5.31. The lowest BCUT2D eigenvalue weighted by molar-refractivity contribution is -0.115. The topological polar surface area (TPSA) is 98.2 Å². The van der Waals surface area contributed by atoms with Crippen molar-refractivity contribution in [1.29, 1.82) is 0 Å². The van der Waals surface area contributed by atoms with Crippen LogP contribution < -0.4 is 15.1 Å². The Bertz CT molecular complexity index is 1680. The zero-order valence-corrected chi connectivity index (χ0v) is 23.0. The summed E-state index contributed by atoms with van der Waals surface area (Å²) in [4.78, 5) is 52.1. The second-order valence-electron chi connectivity index (χ2n) is 10.3. The maximum atomic E-state index is 15.8. The second kappa shape index (κ2) is 12.3. The number of rotatable bonds is 9. The highest BCUT2D eigenvalue weighted by atomic mass is 19.2. The molecule has 1 aromatic heterocycles. The molecule has 0 N–H and O–H groups in total. The van der Waals surface area contributed by atoms with Crippen LogP contribution in [0, 0.1) is 5.82 Å². The lowest BCUT2D eigenvalue weighted by Crippen LogP contribution is -2.35. The molecule has 5 rings (SSSR count). The third-order valence-electron chi connectivity index (χ3n) is 7.46. The zero-order valence-electron chi connectivity index (χ0n) is 23.0. The normalized spacial score (nSPS) is 16.1. The van der Waals surface area contributed by atoms with Gasteiger partial charge < -0.3 is 18.9 Å². The number of amides is 2. The Morgan fingerprint density at radius 2 is 1.91 bits per heavy atom. The molecule has 3 aromatic rings. The molecule has 0 spiro atoms. The van der Waals surface area contributed by atoms with Crippen molar-refractivity contribution in [2.75, 3.05) is 31.6 Å². The van der Waals surface area contributed by atoms with E-state index in [4.69, 9.17) is 4.74 Å². The van der Waals surface area contributed by atoms with Crippen molar-refractivity contribution in [1.82, 2.24) is 9.47 Å². The zero-order chi connectivity index (χ0) is 30.8. The van der Waals surface area contributed by atoms with E-state index in [1.165, 1.54) is 28.7 Å². The maximum absolute atomic E-state index is 15.8. The van der Waals surface area contributed by atoms with Gasteiger partial charge in [0.1, 0.15) is 17.1 Å². The minimum Gasteiger partial charge on any atom is -0.492 e. The number of anilines is 1. The molecule has 1 aliphatic carbocycles. The molecule has 0 atom stereocenters. The molecule has 2 aromatic carbocycles. The van der Waals surface area contributed by atoms with Crippen LogP contribution in [0.25, 0.3) is 10.9 Å². The Morgan fingerprint density at radius 3 is 2.53 bits per heavy atom. The number of nitrogens with zero attached hydrogens (tertiary/aromatic N) is 3. The SMILES string of the molecule is COc1c(N2CCC/C(=C(\F)CN(C=O)C(=O)c3ccccc3)C2)c(F)cc2c(=O)c(C(=O)OB(F)F)cn(C3CC3)c12. The molecule has 1 aliphatic heterocycles. The van der Waals surface area contributed by atoms with Gasteiger partial charge in [-0.15, -0.1) is 0 Å². The van der Waals surface area contributed by atoms with Crippen LogP contribution in [0.5, 0.6) is 5.75 Å². The number of fused-ring (bicyclic) bond motifs is 1. The molecule has 43 heavy (non-hydrogen) atoms. The predicted molar refractivity (Wildman–Crippen MR) is 149 cm³/mol. The quantitative estimate of drug-likeness (QED) is 0.200. The van der Waals surface area contributed by atoms with Gasteiger partial charge in [-0.25, -0.2) is 22.2 Å². The number of halogens is 4. The molecule has 2 amide bonds. The molecule has 0 unspecified atom stereocenters. The van der Waals surface area contributed by atoms with E-state index in [-0.39, 0.29) is 52.5 Å². The van der Waals surface area contributed by atoms with Crippen molar-refractivity contribution in [3.63, 3.8) is 0 Å². The summed E-state index contributed by atoms with van der Waals surface area (Å²) >= 11 is 0. The molecule has 0 radical (unpaired) electrons. The minimum absolute atomic E-state index is 0.0387. The molecule has 9 nitrogen and oxygen atoms in total. The summed E-state index contributed by atoms with van der Waals surface area (Å²) in [7, 11) is -2.17. The van der Waals surface area contributed by atoms with Gasteiger partial charge in [0.2, 0.25) is 11.8 Å². The molecular formula is C29H26BF4N3O6. The molecule has 1 saturated heterocycles. The summed E-state index contributed by atoms with van der Waals surface area (Å²) in [6.45, 7) is -0.401. The molecule has 2 aliphatic rings. The fourth-order valence-corrected chi connectivity index (χ4v) is 5.31. The number of carbonyl (C=O) groups excluding carboxylic acids is 3. The molecule has 14 heteroatoms. The summed E-state index contributed by atoms with van der Waals surface area (Å²) < 4.78 is 67.8. The number of carbonyl (C=O) groups is 3.